The molecule has 0 saturated carbocycles. The van der Waals surface area contributed by atoms with Crippen molar-refractivity contribution < 1.29 is 0 Å². The molecule has 110 valence electrons. The molecule has 0 aliphatic carbocycles. The summed E-state index contributed by atoms with van der Waals surface area (Å²) in [6.07, 6.45) is 4.02. The Morgan fingerprint density at radius 2 is 1.85 bits per heavy atom. The molecule has 0 unspecified atom stereocenters. The van der Waals surface area contributed by atoms with Gasteiger partial charge >= 0.3 is 0 Å². The van der Waals surface area contributed by atoms with Crippen LogP contribution in [-0.4, -0.2) is 26.1 Å². The minimum Gasteiger partial charge on any atom is -0.356 e. The summed E-state index contributed by atoms with van der Waals surface area (Å²) in [5, 5.41) is 6.65. The zero-order valence-corrected chi connectivity index (χ0v) is 12.9. The van der Waals surface area contributed by atoms with Gasteiger partial charge < -0.3 is 10.6 Å². The number of hydrogen-bond donors (Lipinski definition) is 2. The number of hydrogen-bond acceptors (Lipinski definition) is 1. The summed E-state index contributed by atoms with van der Waals surface area (Å²) < 4.78 is 0. The second-order valence-electron chi connectivity index (χ2n) is 4.95. The van der Waals surface area contributed by atoms with E-state index in [-0.39, 0.29) is 5.41 Å². The maximum absolute atomic E-state index is 4.24. The fraction of sp³-hybridized carbons (Fsp3) is 0.471. The van der Waals surface area contributed by atoms with Gasteiger partial charge in [-0.25, -0.2) is 0 Å². The van der Waals surface area contributed by atoms with E-state index in [0.29, 0.717) is 0 Å². The molecule has 20 heavy (non-hydrogen) atoms. The average Bonchev–Trinajstić information content (AvgIpc) is 2.52. The Labute approximate surface area is 123 Å². The standard InChI is InChI=1S/C17H27N3/c1-5-13-19-16(18-4)20-14-17(6-2,7-3)15-11-9-8-10-12-15/h5,8-12H,1,6-7,13-14H2,2-4H3,(H2,18,19,20). The predicted molar refractivity (Wildman–Crippen MR) is 88.3 cm³/mol. The van der Waals surface area contributed by atoms with Gasteiger partial charge in [-0.3, -0.25) is 4.99 Å². The first kappa shape index (κ1) is 16.3. The maximum Gasteiger partial charge on any atom is 0.191 e. The van der Waals surface area contributed by atoms with Gasteiger partial charge in [0.05, 0.1) is 0 Å². The summed E-state index contributed by atoms with van der Waals surface area (Å²) in [5.41, 5.74) is 1.53. The van der Waals surface area contributed by atoms with Crippen molar-refractivity contribution in [3.63, 3.8) is 0 Å². The Morgan fingerprint density at radius 1 is 1.20 bits per heavy atom. The van der Waals surface area contributed by atoms with Crippen LogP contribution in [0.3, 0.4) is 0 Å². The fourth-order valence-electron chi connectivity index (χ4n) is 2.44. The Morgan fingerprint density at radius 3 is 2.35 bits per heavy atom. The third kappa shape index (κ3) is 4.12. The lowest BCUT2D eigenvalue weighted by Gasteiger charge is -2.33. The van der Waals surface area contributed by atoms with Crippen molar-refractivity contribution in [2.45, 2.75) is 32.1 Å². The Hall–Kier alpha value is -1.77. The summed E-state index contributed by atoms with van der Waals surface area (Å²) in [4.78, 5) is 4.24. The highest BCUT2D eigenvalue weighted by Crippen LogP contribution is 2.30. The maximum atomic E-state index is 4.24. The molecular weight excluding hydrogens is 246 g/mol. The van der Waals surface area contributed by atoms with E-state index >= 15 is 0 Å². The molecule has 0 aliphatic heterocycles. The highest BCUT2D eigenvalue weighted by atomic mass is 15.2. The lowest BCUT2D eigenvalue weighted by molar-refractivity contribution is 0.390. The smallest absolute Gasteiger partial charge is 0.191 e. The molecule has 0 fully saturated rings. The number of benzene rings is 1. The molecule has 0 bridgehead atoms. The average molecular weight is 273 g/mol. The van der Waals surface area contributed by atoms with Crippen molar-refractivity contribution in [1.82, 2.24) is 10.6 Å². The molecule has 0 aliphatic rings. The van der Waals surface area contributed by atoms with Gasteiger partial charge in [-0.2, -0.15) is 0 Å². The summed E-state index contributed by atoms with van der Waals surface area (Å²) in [6.45, 7) is 9.80. The second-order valence-corrected chi connectivity index (χ2v) is 4.95. The summed E-state index contributed by atoms with van der Waals surface area (Å²) in [5.74, 6) is 0.826. The molecule has 0 radical (unpaired) electrons. The number of nitrogens with zero attached hydrogens (tertiary/aromatic N) is 1. The molecular formula is C17H27N3. The first-order valence-electron chi connectivity index (χ1n) is 7.33. The number of rotatable bonds is 7. The topological polar surface area (TPSA) is 36.4 Å². The van der Waals surface area contributed by atoms with Crippen LogP contribution in [0.4, 0.5) is 0 Å². The van der Waals surface area contributed by atoms with Crippen molar-refractivity contribution in [3.8, 4) is 0 Å². The van der Waals surface area contributed by atoms with Crippen LogP contribution in [0, 0.1) is 0 Å². The number of nitrogens with one attached hydrogen (secondary N) is 2. The van der Waals surface area contributed by atoms with E-state index in [4.69, 9.17) is 0 Å². The molecule has 0 atom stereocenters. The van der Waals surface area contributed by atoms with Gasteiger partial charge in [0, 0.05) is 25.6 Å². The first-order chi connectivity index (χ1) is 9.72. The highest BCUT2D eigenvalue weighted by molar-refractivity contribution is 5.79. The molecule has 3 nitrogen and oxygen atoms in total. The van der Waals surface area contributed by atoms with Crippen LogP contribution in [0.5, 0.6) is 0 Å². The van der Waals surface area contributed by atoms with Crippen molar-refractivity contribution in [2.24, 2.45) is 4.99 Å². The largest absolute Gasteiger partial charge is 0.356 e. The Kier molecular flexibility index (Phi) is 6.85. The van der Waals surface area contributed by atoms with Gasteiger partial charge in [0.1, 0.15) is 0 Å². The van der Waals surface area contributed by atoms with Gasteiger partial charge in [-0.15, -0.1) is 6.58 Å². The quantitative estimate of drug-likeness (QED) is 0.455. The molecule has 1 rings (SSSR count). The van der Waals surface area contributed by atoms with Crippen LogP contribution in [0.25, 0.3) is 0 Å². The van der Waals surface area contributed by atoms with Crippen molar-refractivity contribution in [2.75, 3.05) is 20.1 Å². The predicted octanol–water partition coefficient (Wildman–Crippen LogP) is 3.10. The lowest BCUT2D eigenvalue weighted by Crippen LogP contribution is -2.45. The molecule has 1 aromatic carbocycles. The second kappa shape index (κ2) is 8.41. The van der Waals surface area contributed by atoms with Crippen molar-refractivity contribution in [3.05, 3.63) is 48.6 Å². The Balaban J connectivity index is 2.80. The van der Waals surface area contributed by atoms with Crippen LogP contribution in [0.15, 0.2) is 48.0 Å². The molecule has 2 N–H and O–H groups in total. The van der Waals surface area contributed by atoms with E-state index in [1.165, 1.54) is 5.56 Å². The van der Waals surface area contributed by atoms with Crippen LogP contribution in [0.1, 0.15) is 32.3 Å². The molecule has 0 heterocycles. The number of guanidine groups is 1. The fourth-order valence-corrected chi connectivity index (χ4v) is 2.44. The third-order valence-corrected chi connectivity index (χ3v) is 3.97. The SMILES string of the molecule is C=CCNC(=NC)NCC(CC)(CC)c1ccccc1. The molecule has 1 aromatic rings. The van der Waals surface area contributed by atoms with Crippen LogP contribution in [0.2, 0.25) is 0 Å². The molecule has 0 amide bonds. The van der Waals surface area contributed by atoms with Gasteiger partial charge in [-0.1, -0.05) is 50.3 Å². The molecule has 0 aromatic heterocycles. The van der Waals surface area contributed by atoms with Crippen LogP contribution < -0.4 is 10.6 Å². The zero-order valence-electron chi connectivity index (χ0n) is 12.9. The van der Waals surface area contributed by atoms with E-state index in [2.05, 4.69) is 66.4 Å². The molecule has 0 spiro atoms. The van der Waals surface area contributed by atoms with Crippen LogP contribution in [-0.2, 0) is 5.41 Å². The van der Waals surface area contributed by atoms with Gasteiger partial charge in [0.15, 0.2) is 5.96 Å². The lowest BCUT2D eigenvalue weighted by atomic mass is 9.76. The van der Waals surface area contributed by atoms with E-state index < -0.39 is 0 Å². The zero-order chi connectivity index (χ0) is 14.8. The van der Waals surface area contributed by atoms with Crippen molar-refractivity contribution in [1.29, 1.82) is 0 Å². The van der Waals surface area contributed by atoms with Crippen molar-refractivity contribution >= 4 is 5.96 Å². The third-order valence-electron chi connectivity index (χ3n) is 3.97. The van der Waals surface area contributed by atoms with Gasteiger partial charge in [0.2, 0.25) is 0 Å². The van der Waals surface area contributed by atoms with Crippen LogP contribution >= 0.6 is 0 Å². The summed E-state index contributed by atoms with van der Waals surface area (Å²) in [6, 6.07) is 10.7. The molecule has 0 saturated heterocycles. The van der Waals surface area contributed by atoms with Gasteiger partial charge in [-0.05, 0) is 18.4 Å². The minimum atomic E-state index is 0.146. The van der Waals surface area contributed by atoms with E-state index in [1.807, 2.05) is 6.08 Å². The van der Waals surface area contributed by atoms with E-state index in [1.54, 1.807) is 7.05 Å². The minimum absolute atomic E-state index is 0.146. The monoisotopic (exact) mass is 273 g/mol. The molecule has 3 heteroatoms. The summed E-state index contributed by atoms with van der Waals surface area (Å²) in [7, 11) is 1.79. The van der Waals surface area contributed by atoms with E-state index in [0.717, 1.165) is 31.9 Å². The normalized spacial score (nSPS) is 12.1. The Bertz CT molecular complexity index is 419. The highest BCUT2D eigenvalue weighted by Gasteiger charge is 2.28. The van der Waals surface area contributed by atoms with Gasteiger partial charge in [0.25, 0.3) is 0 Å². The first-order valence-corrected chi connectivity index (χ1v) is 7.33. The summed E-state index contributed by atoms with van der Waals surface area (Å²) >= 11 is 0. The number of aliphatic imine (C=N–C) groups is 1. The van der Waals surface area contributed by atoms with E-state index in [9.17, 15) is 0 Å².